The van der Waals surface area contributed by atoms with E-state index in [0.29, 0.717) is 18.9 Å². The Bertz CT molecular complexity index is 722. The van der Waals surface area contributed by atoms with E-state index in [2.05, 4.69) is 19.2 Å². The molecule has 1 heterocycles. The maximum Gasteiger partial charge on any atom is 0.372 e. The van der Waals surface area contributed by atoms with Crippen molar-refractivity contribution in [2.75, 3.05) is 33.9 Å². The second-order valence-electron chi connectivity index (χ2n) is 7.37. The normalized spacial score (nSPS) is 17.9. The molecule has 2 rings (SSSR count). The predicted molar refractivity (Wildman–Crippen MR) is 115 cm³/mol. The Balaban J connectivity index is 2.30. The topological polar surface area (TPSA) is 77.1 Å². The number of nitrogens with one attached hydrogen (secondary N) is 1. The van der Waals surface area contributed by atoms with E-state index in [1.807, 2.05) is 36.4 Å². The first-order chi connectivity index (χ1) is 14.5. The lowest BCUT2D eigenvalue weighted by molar-refractivity contribution is -0.207. The Morgan fingerprint density at radius 1 is 1.20 bits per heavy atom. The second-order valence-corrected chi connectivity index (χ2v) is 7.37. The van der Waals surface area contributed by atoms with Gasteiger partial charge in [-0.05, 0) is 24.0 Å². The van der Waals surface area contributed by atoms with Crippen molar-refractivity contribution >= 4 is 18.0 Å². The molecule has 7 nitrogen and oxygen atoms in total. The smallest absolute Gasteiger partial charge is 0.372 e. The van der Waals surface area contributed by atoms with Crippen LogP contribution in [0.3, 0.4) is 0 Å². The van der Waals surface area contributed by atoms with Gasteiger partial charge in [-0.1, -0.05) is 63.4 Å². The SMILES string of the molecule is CCCCC(CC)COC(=O)C(OC)(C(=O)OC)N1CCNC1=Cc1ccccc1. The number of benzene rings is 1. The number of nitrogens with zero attached hydrogens (tertiary/aromatic N) is 1. The first-order valence-corrected chi connectivity index (χ1v) is 10.6. The third kappa shape index (κ3) is 5.33. The molecule has 0 aromatic heterocycles. The van der Waals surface area contributed by atoms with Gasteiger partial charge in [-0.15, -0.1) is 0 Å². The van der Waals surface area contributed by atoms with Crippen molar-refractivity contribution in [2.45, 2.75) is 45.3 Å². The number of rotatable bonds is 11. The van der Waals surface area contributed by atoms with Gasteiger partial charge in [0, 0.05) is 20.2 Å². The average molecular weight is 419 g/mol. The number of carbonyl (C=O) groups is 2. The highest BCUT2D eigenvalue weighted by molar-refractivity contribution is 6.03. The Labute approximate surface area is 179 Å². The van der Waals surface area contributed by atoms with Gasteiger partial charge < -0.3 is 24.4 Å². The molecule has 1 saturated heterocycles. The third-order valence-electron chi connectivity index (χ3n) is 5.44. The Kier molecular flexibility index (Phi) is 9.17. The molecule has 7 heteroatoms. The van der Waals surface area contributed by atoms with E-state index in [4.69, 9.17) is 14.2 Å². The third-order valence-corrected chi connectivity index (χ3v) is 5.44. The zero-order valence-electron chi connectivity index (χ0n) is 18.5. The van der Waals surface area contributed by atoms with Crippen LogP contribution in [0.1, 0.15) is 45.1 Å². The van der Waals surface area contributed by atoms with Gasteiger partial charge in [0.25, 0.3) is 0 Å². The molecule has 1 aliphatic heterocycles. The quantitative estimate of drug-likeness (QED) is 0.437. The number of carbonyl (C=O) groups excluding carboxylic acids is 2. The van der Waals surface area contributed by atoms with Gasteiger partial charge in [-0.25, -0.2) is 9.59 Å². The molecule has 0 radical (unpaired) electrons. The highest BCUT2D eigenvalue weighted by atomic mass is 16.6. The summed E-state index contributed by atoms with van der Waals surface area (Å²) in [6.07, 6.45) is 5.90. The Morgan fingerprint density at radius 3 is 2.53 bits per heavy atom. The number of ether oxygens (including phenoxy) is 3. The fraction of sp³-hybridized carbons (Fsp3) is 0.565. The summed E-state index contributed by atoms with van der Waals surface area (Å²) >= 11 is 0. The molecule has 2 unspecified atom stereocenters. The predicted octanol–water partition coefficient (Wildman–Crippen LogP) is 3.17. The average Bonchev–Trinajstić information content (AvgIpc) is 3.23. The molecule has 0 amide bonds. The number of esters is 2. The van der Waals surface area contributed by atoms with Gasteiger partial charge >= 0.3 is 17.7 Å². The molecule has 0 spiro atoms. The Hall–Kier alpha value is -2.54. The molecule has 1 fully saturated rings. The summed E-state index contributed by atoms with van der Waals surface area (Å²) in [7, 11) is 2.56. The van der Waals surface area contributed by atoms with Crippen LogP contribution in [0.15, 0.2) is 36.2 Å². The van der Waals surface area contributed by atoms with E-state index in [-0.39, 0.29) is 12.5 Å². The lowest BCUT2D eigenvalue weighted by Crippen LogP contribution is -2.61. The van der Waals surface area contributed by atoms with Crippen molar-refractivity contribution in [1.29, 1.82) is 0 Å². The van der Waals surface area contributed by atoms with Crippen LogP contribution < -0.4 is 5.32 Å². The minimum Gasteiger partial charge on any atom is -0.465 e. The maximum atomic E-state index is 13.2. The first-order valence-electron chi connectivity index (χ1n) is 10.6. The number of unbranched alkanes of at least 4 members (excludes halogenated alkanes) is 1. The minimum atomic E-state index is -2.00. The summed E-state index contributed by atoms with van der Waals surface area (Å²) < 4.78 is 16.1. The maximum absolute atomic E-state index is 13.2. The van der Waals surface area contributed by atoms with Gasteiger partial charge in [0.1, 0.15) is 5.82 Å². The summed E-state index contributed by atoms with van der Waals surface area (Å²) in [4.78, 5) is 27.6. The van der Waals surface area contributed by atoms with Crippen molar-refractivity contribution < 1.29 is 23.8 Å². The summed E-state index contributed by atoms with van der Waals surface area (Å²) in [6.45, 7) is 5.40. The number of methoxy groups -OCH3 is 2. The molecular formula is C23H34N2O5. The van der Waals surface area contributed by atoms with Crippen LogP contribution in [-0.2, 0) is 23.8 Å². The number of hydrogen-bond acceptors (Lipinski definition) is 7. The van der Waals surface area contributed by atoms with Crippen LogP contribution >= 0.6 is 0 Å². The van der Waals surface area contributed by atoms with Crippen LogP contribution in [0.5, 0.6) is 0 Å². The molecular weight excluding hydrogens is 384 g/mol. The van der Waals surface area contributed by atoms with Crippen molar-refractivity contribution in [1.82, 2.24) is 10.2 Å². The molecule has 1 aliphatic rings. The molecule has 0 aliphatic carbocycles. The summed E-state index contributed by atoms with van der Waals surface area (Å²) in [5.41, 5.74) is -1.07. The molecule has 166 valence electrons. The van der Waals surface area contributed by atoms with E-state index in [1.54, 1.807) is 4.90 Å². The highest BCUT2D eigenvalue weighted by Gasteiger charge is 2.57. The van der Waals surface area contributed by atoms with E-state index >= 15 is 0 Å². The molecule has 1 N–H and O–H groups in total. The fourth-order valence-corrected chi connectivity index (χ4v) is 3.58. The number of hydrogen-bond donors (Lipinski definition) is 1. The van der Waals surface area contributed by atoms with Gasteiger partial charge in [0.15, 0.2) is 0 Å². The first kappa shape index (κ1) is 23.7. The molecule has 2 atom stereocenters. The van der Waals surface area contributed by atoms with Gasteiger partial charge in [-0.3, -0.25) is 0 Å². The van der Waals surface area contributed by atoms with Crippen molar-refractivity contribution in [3.8, 4) is 0 Å². The molecule has 30 heavy (non-hydrogen) atoms. The van der Waals surface area contributed by atoms with Crippen molar-refractivity contribution in [2.24, 2.45) is 5.92 Å². The van der Waals surface area contributed by atoms with Crippen molar-refractivity contribution in [3.63, 3.8) is 0 Å². The summed E-state index contributed by atoms with van der Waals surface area (Å²) in [6, 6.07) is 9.65. The largest absolute Gasteiger partial charge is 0.465 e. The van der Waals surface area contributed by atoms with Crippen LogP contribution in [-0.4, -0.2) is 56.5 Å². The van der Waals surface area contributed by atoms with Crippen LogP contribution in [0.2, 0.25) is 0 Å². The standard InChI is InChI=1S/C23H34N2O5/c1-5-7-11-18(6-2)17-30-22(27)23(29-4,21(26)28-3)25-15-14-24-20(25)16-19-12-9-8-10-13-19/h8-10,12-13,16,18,24H,5-7,11,14-15,17H2,1-4H3. The van der Waals surface area contributed by atoms with Crippen LogP contribution in [0, 0.1) is 5.92 Å². The zero-order valence-corrected chi connectivity index (χ0v) is 18.5. The van der Waals surface area contributed by atoms with E-state index in [9.17, 15) is 9.59 Å². The molecule has 1 aromatic rings. The highest BCUT2D eigenvalue weighted by Crippen LogP contribution is 2.28. The monoisotopic (exact) mass is 418 g/mol. The Morgan fingerprint density at radius 2 is 1.93 bits per heavy atom. The second kappa shape index (κ2) is 11.6. The van der Waals surface area contributed by atoms with Crippen LogP contribution in [0.25, 0.3) is 6.08 Å². The van der Waals surface area contributed by atoms with Gasteiger partial charge in [-0.2, -0.15) is 0 Å². The van der Waals surface area contributed by atoms with Crippen molar-refractivity contribution in [3.05, 3.63) is 41.7 Å². The summed E-state index contributed by atoms with van der Waals surface area (Å²) in [5, 5.41) is 3.22. The van der Waals surface area contributed by atoms with E-state index in [0.717, 1.165) is 31.2 Å². The van der Waals surface area contributed by atoms with E-state index < -0.39 is 17.7 Å². The van der Waals surface area contributed by atoms with Gasteiger partial charge in [0.05, 0.1) is 13.7 Å². The molecule has 0 saturated carbocycles. The van der Waals surface area contributed by atoms with Gasteiger partial charge in [0.2, 0.25) is 0 Å². The minimum absolute atomic E-state index is 0.246. The lowest BCUT2D eigenvalue weighted by atomic mass is 10.0. The molecule has 1 aromatic carbocycles. The summed E-state index contributed by atoms with van der Waals surface area (Å²) in [5.74, 6) is -0.714. The van der Waals surface area contributed by atoms with Crippen LogP contribution in [0.4, 0.5) is 0 Å². The lowest BCUT2D eigenvalue weighted by Gasteiger charge is -2.36. The fourth-order valence-electron chi connectivity index (χ4n) is 3.58. The zero-order chi connectivity index (χ0) is 22.0. The van der Waals surface area contributed by atoms with E-state index in [1.165, 1.54) is 14.2 Å². The molecule has 0 bridgehead atoms.